The van der Waals surface area contributed by atoms with E-state index in [0.29, 0.717) is 11.1 Å². The van der Waals surface area contributed by atoms with Crippen molar-refractivity contribution in [1.82, 2.24) is 10.6 Å². The number of ether oxygens (including phenoxy) is 1. The maximum atomic E-state index is 6.43. The van der Waals surface area contributed by atoms with Gasteiger partial charge < -0.3 is 15.4 Å². The Labute approximate surface area is 220 Å². The van der Waals surface area contributed by atoms with E-state index in [2.05, 4.69) is 98.1 Å². The molecule has 0 aromatic heterocycles. The summed E-state index contributed by atoms with van der Waals surface area (Å²) in [5, 5.41) is 7.75. The monoisotopic (exact) mass is 498 g/mol. The molecule has 186 valence electrons. The lowest BCUT2D eigenvalue weighted by atomic mass is 10.0. The molecule has 0 amide bonds. The van der Waals surface area contributed by atoms with E-state index in [-0.39, 0.29) is 6.04 Å². The minimum absolute atomic E-state index is 0.290. The van der Waals surface area contributed by atoms with E-state index in [1.807, 2.05) is 30.3 Å². The van der Waals surface area contributed by atoms with Gasteiger partial charge in [0, 0.05) is 30.2 Å². The molecular formula is C32H35ClN2O. The molecule has 0 fully saturated rings. The predicted molar refractivity (Wildman–Crippen MR) is 152 cm³/mol. The SMILES string of the molecule is CC(C)NCc1ccc(Oc2cc(Cl)cc(CC(C)NCc3ccc(-c4ccccc4)cc3)c2)cc1. The largest absolute Gasteiger partial charge is 0.457 e. The van der Waals surface area contributed by atoms with E-state index < -0.39 is 0 Å². The first-order valence-electron chi connectivity index (χ1n) is 12.6. The number of halogens is 1. The van der Waals surface area contributed by atoms with Crippen molar-refractivity contribution < 1.29 is 4.74 Å². The lowest BCUT2D eigenvalue weighted by Crippen LogP contribution is -2.27. The fraction of sp³-hybridized carbons (Fsp3) is 0.250. The number of rotatable bonds is 11. The molecule has 4 aromatic rings. The highest BCUT2D eigenvalue weighted by Crippen LogP contribution is 2.27. The topological polar surface area (TPSA) is 33.3 Å². The first-order valence-corrected chi connectivity index (χ1v) is 13.0. The summed E-state index contributed by atoms with van der Waals surface area (Å²) in [6.45, 7) is 8.16. The Morgan fingerprint density at radius 1 is 0.639 bits per heavy atom. The Morgan fingerprint density at radius 3 is 1.92 bits per heavy atom. The molecule has 2 N–H and O–H groups in total. The molecule has 1 unspecified atom stereocenters. The second-order valence-corrected chi connectivity index (χ2v) is 10.1. The van der Waals surface area contributed by atoms with Gasteiger partial charge in [0.2, 0.25) is 0 Å². The van der Waals surface area contributed by atoms with E-state index in [0.717, 1.165) is 36.6 Å². The molecule has 0 saturated carbocycles. The molecule has 36 heavy (non-hydrogen) atoms. The highest BCUT2D eigenvalue weighted by Gasteiger charge is 2.08. The van der Waals surface area contributed by atoms with Gasteiger partial charge in [-0.25, -0.2) is 0 Å². The van der Waals surface area contributed by atoms with Crippen molar-refractivity contribution in [3.63, 3.8) is 0 Å². The van der Waals surface area contributed by atoms with Crippen LogP contribution in [0.25, 0.3) is 11.1 Å². The van der Waals surface area contributed by atoms with Crippen LogP contribution in [-0.2, 0) is 19.5 Å². The van der Waals surface area contributed by atoms with Crippen LogP contribution in [-0.4, -0.2) is 12.1 Å². The Bertz CT molecular complexity index is 1220. The van der Waals surface area contributed by atoms with Gasteiger partial charge in [0.25, 0.3) is 0 Å². The minimum atomic E-state index is 0.290. The number of benzene rings is 4. The van der Waals surface area contributed by atoms with Crippen LogP contribution in [0.1, 0.15) is 37.5 Å². The molecule has 0 saturated heterocycles. The van der Waals surface area contributed by atoms with Crippen LogP contribution >= 0.6 is 11.6 Å². The summed E-state index contributed by atoms with van der Waals surface area (Å²) in [4.78, 5) is 0. The number of hydrogen-bond acceptors (Lipinski definition) is 3. The maximum absolute atomic E-state index is 6.43. The van der Waals surface area contributed by atoms with Crippen molar-refractivity contribution in [1.29, 1.82) is 0 Å². The quantitative estimate of drug-likeness (QED) is 0.219. The van der Waals surface area contributed by atoms with Gasteiger partial charge in [-0.3, -0.25) is 0 Å². The van der Waals surface area contributed by atoms with Crippen LogP contribution in [0.3, 0.4) is 0 Å². The maximum Gasteiger partial charge on any atom is 0.129 e. The van der Waals surface area contributed by atoms with E-state index in [9.17, 15) is 0 Å². The molecule has 4 aromatic carbocycles. The lowest BCUT2D eigenvalue weighted by Gasteiger charge is -2.16. The summed E-state index contributed by atoms with van der Waals surface area (Å²) in [7, 11) is 0. The Kier molecular flexibility index (Phi) is 9.18. The Morgan fingerprint density at radius 2 is 1.25 bits per heavy atom. The van der Waals surface area contributed by atoms with Crippen molar-refractivity contribution in [2.75, 3.05) is 0 Å². The third kappa shape index (κ3) is 7.96. The number of hydrogen-bond donors (Lipinski definition) is 2. The molecule has 0 spiro atoms. The van der Waals surface area contributed by atoms with Crippen LogP contribution in [0.2, 0.25) is 5.02 Å². The Hall–Kier alpha value is -3.11. The van der Waals surface area contributed by atoms with E-state index in [1.54, 1.807) is 0 Å². The highest BCUT2D eigenvalue weighted by atomic mass is 35.5. The van der Waals surface area contributed by atoms with Crippen molar-refractivity contribution in [3.8, 4) is 22.6 Å². The zero-order valence-corrected chi connectivity index (χ0v) is 22.1. The zero-order chi connectivity index (χ0) is 25.3. The average molecular weight is 499 g/mol. The second kappa shape index (κ2) is 12.7. The summed E-state index contributed by atoms with van der Waals surface area (Å²) in [5.41, 5.74) is 6.12. The molecule has 1 atom stereocenters. The van der Waals surface area contributed by atoms with Gasteiger partial charge in [0.15, 0.2) is 0 Å². The summed E-state index contributed by atoms with van der Waals surface area (Å²) < 4.78 is 6.11. The van der Waals surface area contributed by atoms with Gasteiger partial charge in [-0.05, 0) is 71.5 Å². The summed E-state index contributed by atoms with van der Waals surface area (Å²) >= 11 is 6.43. The molecule has 4 heteroatoms. The Balaban J connectivity index is 1.31. The first kappa shape index (κ1) is 26.0. The van der Waals surface area contributed by atoms with Crippen LogP contribution < -0.4 is 15.4 Å². The molecule has 0 heterocycles. The smallest absolute Gasteiger partial charge is 0.129 e. The van der Waals surface area contributed by atoms with Gasteiger partial charge in [-0.2, -0.15) is 0 Å². The third-order valence-corrected chi connectivity index (χ3v) is 6.28. The molecule has 0 aliphatic carbocycles. The molecule has 0 bridgehead atoms. The predicted octanol–water partition coefficient (Wildman–Crippen LogP) is 8.02. The highest BCUT2D eigenvalue weighted by molar-refractivity contribution is 6.30. The fourth-order valence-corrected chi connectivity index (χ4v) is 4.34. The van der Waals surface area contributed by atoms with Gasteiger partial charge >= 0.3 is 0 Å². The standard InChI is InChI=1S/C32H35ClN2O/c1-23(2)34-21-26-11-15-31(16-12-26)36-32-19-27(18-30(33)20-32)17-24(3)35-22-25-9-13-29(14-10-25)28-7-5-4-6-8-28/h4-16,18-20,23-24,34-35H,17,21-22H2,1-3H3. The van der Waals surface area contributed by atoms with Gasteiger partial charge in [-0.1, -0.05) is 92.2 Å². The second-order valence-electron chi connectivity index (χ2n) is 9.63. The van der Waals surface area contributed by atoms with Crippen molar-refractivity contribution in [2.45, 2.75) is 52.4 Å². The van der Waals surface area contributed by atoms with E-state index in [1.165, 1.54) is 22.3 Å². The summed E-state index contributed by atoms with van der Waals surface area (Å²) in [5.74, 6) is 1.57. The molecule has 4 rings (SSSR count). The molecule has 0 aliphatic heterocycles. The van der Waals surface area contributed by atoms with Crippen LogP contribution in [0.5, 0.6) is 11.5 Å². The third-order valence-electron chi connectivity index (χ3n) is 6.06. The van der Waals surface area contributed by atoms with Crippen LogP contribution in [0.15, 0.2) is 97.1 Å². The first-order chi connectivity index (χ1) is 17.4. The molecule has 0 radical (unpaired) electrons. The molecule has 0 aliphatic rings. The van der Waals surface area contributed by atoms with Crippen molar-refractivity contribution in [2.24, 2.45) is 0 Å². The van der Waals surface area contributed by atoms with Gasteiger partial charge in [0.05, 0.1) is 0 Å². The van der Waals surface area contributed by atoms with Crippen LogP contribution in [0.4, 0.5) is 0 Å². The molecular weight excluding hydrogens is 464 g/mol. The van der Waals surface area contributed by atoms with Crippen molar-refractivity contribution >= 4 is 11.6 Å². The summed E-state index contributed by atoms with van der Waals surface area (Å²) in [6, 6.07) is 34.1. The minimum Gasteiger partial charge on any atom is -0.457 e. The fourth-order valence-electron chi connectivity index (χ4n) is 4.09. The lowest BCUT2D eigenvalue weighted by molar-refractivity contribution is 0.480. The summed E-state index contributed by atoms with van der Waals surface area (Å²) in [6.07, 6.45) is 0.860. The number of nitrogens with one attached hydrogen (secondary N) is 2. The zero-order valence-electron chi connectivity index (χ0n) is 21.3. The van der Waals surface area contributed by atoms with E-state index in [4.69, 9.17) is 16.3 Å². The average Bonchev–Trinajstić information content (AvgIpc) is 2.87. The normalized spacial score (nSPS) is 12.0. The van der Waals surface area contributed by atoms with E-state index >= 15 is 0 Å². The van der Waals surface area contributed by atoms with Gasteiger partial charge in [0.1, 0.15) is 11.5 Å². The van der Waals surface area contributed by atoms with Crippen molar-refractivity contribution in [3.05, 3.63) is 119 Å². The van der Waals surface area contributed by atoms with Crippen LogP contribution in [0, 0.1) is 0 Å². The van der Waals surface area contributed by atoms with Gasteiger partial charge in [-0.15, -0.1) is 0 Å². The molecule has 3 nitrogen and oxygen atoms in total.